The molecule has 1 rings (SSSR count). The van der Waals surface area contributed by atoms with Crippen molar-refractivity contribution in [3.05, 3.63) is 0 Å². The summed E-state index contributed by atoms with van der Waals surface area (Å²) in [4.78, 5) is 2.37. The molecule has 2 atom stereocenters. The molecule has 88 valence electrons. The van der Waals surface area contributed by atoms with Crippen molar-refractivity contribution in [2.24, 2.45) is 10.8 Å². The van der Waals surface area contributed by atoms with Gasteiger partial charge in [-0.1, -0.05) is 41.5 Å². The van der Waals surface area contributed by atoms with E-state index < -0.39 is 0 Å². The molecule has 0 bridgehead atoms. The van der Waals surface area contributed by atoms with Crippen molar-refractivity contribution < 1.29 is 4.58 Å². The van der Waals surface area contributed by atoms with Crippen LogP contribution in [-0.4, -0.2) is 42.0 Å². The maximum absolute atomic E-state index is 2.37. The second kappa shape index (κ2) is 3.50. The Labute approximate surface area is 95.0 Å². The summed E-state index contributed by atoms with van der Waals surface area (Å²) in [5.41, 5.74) is 0.627. The van der Waals surface area contributed by atoms with Gasteiger partial charge in [0.05, 0.1) is 14.1 Å². The normalized spacial score (nSPS) is 28.3. The van der Waals surface area contributed by atoms with Crippen LogP contribution in [0.25, 0.3) is 0 Å². The van der Waals surface area contributed by atoms with Gasteiger partial charge in [0, 0.05) is 10.8 Å². The Balaban J connectivity index is 3.07. The highest BCUT2D eigenvalue weighted by Crippen LogP contribution is 2.37. The molecule has 0 saturated carbocycles. The lowest BCUT2D eigenvalue weighted by Crippen LogP contribution is -2.51. The van der Waals surface area contributed by atoms with E-state index in [2.05, 4.69) is 71.5 Å². The van der Waals surface area contributed by atoms with Crippen molar-refractivity contribution >= 4 is 6.34 Å². The molecule has 1 heterocycles. The zero-order chi connectivity index (χ0) is 12.0. The number of nitrogens with zero attached hydrogens (tertiary/aromatic N) is 2. The maximum atomic E-state index is 2.37. The summed E-state index contributed by atoms with van der Waals surface area (Å²) < 4.78 is 2.37. The molecule has 0 amide bonds. The summed E-state index contributed by atoms with van der Waals surface area (Å²) in [5.74, 6) is 0. The SMILES string of the molecule is CN1C=[N+](C)[C@H](C(C)(C)C)[C@H]1C(C)(C)C. The Morgan fingerprint density at radius 1 is 1.00 bits per heavy atom. The van der Waals surface area contributed by atoms with Gasteiger partial charge in [-0.2, -0.15) is 0 Å². The first-order chi connectivity index (χ1) is 6.55. The van der Waals surface area contributed by atoms with E-state index >= 15 is 0 Å². The summed E-state index contributed by atoms with van der Waals surface area (Å²) in [6, 6.07) is 1.17. The van der Waals surface area contributed by atoms with Gasteiger partial charge in [-0.15, -0.1) is 0 Å². The fourth-order valence-electron chi connectivity index (χ4n) is 3.05. The van der Waals surface area contributed by atoms with Crippen LogP contribution >= 0.6 is 0 Å². The van der Waals surface area contributed by atoms with Gasteiger partial charge in [0.1, 0.15) is 12.1 Å². The van der Waals surface area contributed by atoms with Crippen LogP contribution in [0.5, 0.6) is 0 Å². The van der Waals surface area contributed by atoms with Crippen LogP contribution in [0.3, 0.4) is 0 Å². The Kier molecular flexibility index (Phi) is 2.92. The summed E-state index contributed by atoms with van der Waals surface area (Å²) in [7, 11) is 4.39. The van der Waals surface area contributed by atoms with Crippen molar-refractivity contribution in [1.82, 2.24) is 4.90 Å². The highest BCUT2D eigenvalue weighted by Gasteiger charge is 2.50. The third kappa shape index (κ3) is 2.35. The second-order valence-corrected chi connectivity index (χ2v) is 7.07. The summed E-state index contributed by atoms with van der Waals surface area (Å²) in [5, 5.41) is 0. The van der Waals surface area contributed by atoms with Crippen LogP contribution in [-0.2, 0) is 0 Å². The number of hydrogen-bond donors (Lipinski definition) is 0. The van der Waals surface area contributed by atoms with E-state index in [0.29, 0.717) is 22.9 Å². The van der Waals surface area contributed by atoms with Crippen LogP contribution in [0.2, 0.25) is 0 Å². The van der Waals surface area contributed by atoms with E-state index in [1.807, 2.05) is 0 Å². The van der Waals surface area contributed by atoms with E-state index in [1.54, 1.807) is 0 Å². The molecule has 0 aromatic carbocycles. The molecular weight excluding hydrogens is 184 g/mol. The molecule has 15 heavy (non-hydrogen) atoms. The zero-order valence-electron chi connectivity index (χ0n) is 11.6. The minimum atomic E-state index is 0.313. The van der Waals surface area contributed by atoms with Gasteiger partial charge in [0.2, 0.25) is 6.34 Å². The minimum Gasteiger partial charge on any atom is -0.263 e. The van der Waals surface area contributed by atoms with Gasteiger partial charge in [0.25, 0.3) is 0 Å². The van der Waals surface area contributed by atoms with E-state index in [1.165, 1.54) is 0 Å². The zero-order valence-corrected chi connectivity index (χ0v) is 11.6. The van der Waals surface area contributed by atoms with E-state index in [9.17, 15) is 0 Å². The first kappa shape index (κ1) is 12.5. The smallest absolute Gasteiger partial charge is 0.234 e. The molecule has 2 heteroatoms. The molecule has 0 aliphatic carbocycles. The predicted molar refractivity (Wildman–Crippen MR) is 66.5 cm³/mol. The molecule has 0 N–H and O–H groups in total. The van der Waals surface area contributed by atoms with Gasteiger partial charge in [-0.3, -0.25) is 9.48 Å². The van der Waals surface area contributed by atoms with Crippen LogP contribution in [0, 0.1) is 10.8 Å². The highest BCUT2D eigenvalue weighted by molar-refractivity contribution is 5.51. The van der Waals surface area contributed by atoms with Crippen LogP contribution in [0.1, 0.15) is 41.5 Å². The molecule has 0 aromatic heterocycles. The number of rotatable bonds is 0. The molecule has 1 aliphatic heterocycles. The first-order valence-corrected chi connectivity index (χ1v) is 5.84. The molecule has 0 saturated heterocycles. The van der Waals surface area contributed by atoms with E-state index in [0.717, 1.165) is 0 Å². The Hall–Kier alpha value is -0.530. The average molecular weight is 211 g/mol. The largest absolute Gasteiger partial charge is 0.263 e. The Morgan fingerprint density at radius 3 is 1.73 bits per heavy atom. The summed E-state index contributed by atoms with van der Waals surface area (Å²) >= 11 is 0. The van der Waals surface area contributed by atoms with Crippen molar-refractivity contribution in [1.29, 1.82) is 0 Å². The third-order valence-corrected chi connectivity index (χ3v) is 3.32. The Bertz CT molecular complexity index is 265. The number of likely N-dealkylation sites (N-methyl/N-ethyl adjacent to an activating group) is 2. The lowest BCUT2D eigenvalue weighted by molar-refractivity contribution is -0.546. The average Bonchev–Trinajstić information content (AvgIpc) is 2.22. The van der Waals surface area contributed by atoms with E-state index in [-0.39, 0.29) is 0 Å². The lowest BCUT2D eigenvalue weighted by Gasteiger charge is -2.37. The highest BCUT2D eigenvalue weighted by atomic mass is 15.3. The number of hydrogen-bond acceptors (Lipinski definition) is 1. The van der Waals surface area contributed by atoms with Gasteiger partial charge < -0.3 is 0 Å². The molecule has 2 nitrogen and oxygen atoms in total. The van der Waals surface area contributed by atoms with Crippen molar-refractivity contribution in [2.45, 2.75) is 53.6 Å². The fourth-order valence-corrected chi connectivity index (χ4v) is 3.05. The molecule has 0 spiro atoms. The molecule has 0 aromatic rings. The summed E-state index contributed by atoms with van der Waals surface area (Å²) in [6.07, 6.45) is 2.24. The third-order valence-electron chi connectivity index (χ3n) is 3.32. The topological polar surface area (TPSA) is 6.25 Å². The second-order valence-electron chi connectivity index (χ2n) is 7.07. The molecule has 0 radical (unpaired) electrons. The minimum absolute atomic E-state index is 0.313. The van der Waals surface area contributed by atoms with Crippen LogP contribution < -0.4 is 0 Å². The predicted octanol–water partition coefficient (Wildman–Crippen LogP) is 2.43. The van der Waals surface area contributed by atoms with Gasteiger partial charge >= 0.3 is 0 Å². The molecule has 1 aliphatic rings. The standard InChI is InChI=1S/C13H27N2/c1-12(2,3)10-11(13(4,5)6)15(8)9-14(10)7/h9-11H,1-8H3/q+1/t10-,11-/m0/s1. The molecule has 0 fully saturated rings. The van der Waals surface area contributed by atoms with E-state index in [4.69, 9.17) is 0 Å². The lowest BCUT2D eigenvalue weighted by atomic mass is 9.73. The Morgan fingerprint density at radius 2 is 1.47 bits per heavy atom. The first-order valence-electron chi connectivity index (χ1n) is 5.84. The fraction of sp³-hybridized carbons (Fsp3) is 0.923. The van der Waals surface area contributed by atoms with Crippen LogP contribution in [0.15, 0.2) is 0 Å². The maximum Gasteiger partial charge on any atom is 0.234 e. The molecular formula is C13H27N2+. The van der Waals surface area contributed by atoms with Crippen LogP contribution in [0.4, 0.5) is 0 Å². The summed E-state index contributed by atoms with van der Waals surface area (Å²) in [6.45, 7) is 14.0. The van der Waals surface area contributed by atoms with Crippen molar-refractivity contribution in [3.8, 4) is 0 Å². The van der Waals surface area contributed by atoms with Gasteiger partial charge in [-0.25, -0.2) is 0 Å². The monoisotopic (exact) mass is 211 g/mol. The van der Waals surface area contributed by atoms with Crippen molar-refractivity contribution in [3.63, 3.8) is 0 Å². The van der Waals surface area contributed by atoms with Gasteiger partial charge in [-0.05, 0) is 0 Å². The van der Waals surface area contributed by atoms with Gasteiger partial charge in [0.15, 0.2) is 0 Å². The quantitative estimate of drug-likeness (QED) is 0.558. The van der Waals surface area contributed by atoms with Crippen molar-refractivity contribution in [2.75, 3.05) is 14.1 Å². The molecule has 0 unspecified atom stereocenters.